The van der Waals surface area contributed by atoms with Crippen LogP contribution in [0, 0.1) is 28.3 Å². The van der Waals surface area contributed by atoms with Crippen LogP contribution in [0.4, 0.5) is 10.1 Å². The maximum Gasteiger partial charge on any atom is 0.322 e. The number of non-ortho nitro benzene ring substituents is 1. The van der Waals surface area contributed by atoms with Crippen LogP contribution < -0.4 is 4.72 Å². The number of hydrogen-bond donors (Lipinski definition) is 2. The van der Waals surface area contributed by atoms with Crippen molar-refractivity contribution in [1.29, 1.82) is 0 Å². The number of terminal acetylenes is 1. The van der Waals surface area contributed by atoms with Gasteiger partial charge in [0.15, 0.2) is 0 Å². The lowest BCUT2D eigenvalue weighted by Gasteiger charge is -2.12. The minimum absolute atomic E-state index is 0.422. The van der Waals surface area contributed by atoms with E-state index in [1.54, 1.807) is 4.72 Å². The van der Waals surface area contributed by atoms with E-state index >= 15 is 0 Å². The van der Waals surface area contributed by atoms with E-state index in [9.17, 15) is 27.7 Å². The molecule has 0 amide bonds. The summed E-state index contributed by atoms with van der Waals surface area (Å²) < 4.78 is 39.1. The maximum atomic E-state index is 13.6. The van der Waals surface area contributed by atoms with Crippen molar-refractivity contribution in [3.63, 3.8) is 0 Å². The van der Waals surface area contributed by atoms with Crippen LogP contribution in [0.2, 0.25) is 0 Å². The number of nitro groups is 1. The fourth-order valence-corrected chi connectivity index (χ4v) is 2.62. The molecule has 0 radical (unpaired) electrons. The first-order valence-electron chi connectivity index (χ1n) is 5.31. The van der Waals surface area contributed by atoms with E-state index < -0.39 is 49.8 Å². The molecule has 0 aliphatic heterocycles. The van der Waals surface area contributed by atoms with Crippen molar-refractivity contribution in [2.75, 3.05) is 0 Å². The molecule has 8 nitrogen and oxygen atoms in total. The van der Waals surface area contributed by atoms with Gasteiger partial charge in [-0.2, -0.15) is 4.72 Å². The van der Waals surface area contributed by atoms with E-state index in [1.807, 2.05) is 5.92 Å². The summed E-state index contributed by atoms with van der Waals surface area (Å²) >= 11 is 0. The molecule has 0 bridgehead atoms. The lowest BCUT2D eigenvalue weighted by Crippen LogP contribution is -2.40. The monoisotopic (exact) mass is 316 g/mol. The number of nitrogens with zero attached hydrogens (tertiary/aromatic N) is 1. The minimum Gasteiger partial charge on any atom is -0.480 e. The predicted octanol–water partition coefficient (Wildman–Crippen LogP) is 0.489. The van der Waals surface area contributed by atoms with Gasteiger partial charge in [0.2, 0.25) is 10.0 Å². The molecule has 1 atom stereocenters. The van der Waals surface area contributed by atoms with Gasteiger partial charge >= 0.3 is 5.97 Å². The van der Waals surface area contributed by atoms with Crippen LogP contribution in [0.15, 0.2) is 23.1 Å². The molecule has 0 saturated heterocycles. The summed E-state index contributed by atoms with van der Waals surface area (Å²) in [7, 11) is -4.52. The second-order valence-corrected chi connectivity index (χ2v) is 5.47. The van der Waals surface area contributed by atoms with E-state index in [-0.39, 0.29) is 0 Å². The second kappa shape index (κ2) is 6.29. The molecule has 1 aromatic rings. The Morgan fingerprint density at radius 1 is 1.57 bits per heavy atom. The number of nitrogens with one attached hydrogen (secondary N) is 1. The highest BCUT2D eigenvalue weighted by atomic mass is 32.2. The first-order valence-corrected chi connectivity index (χ1v) is 6.80. The molecule has 0 aliphatic carbocycles. The molecule has 0 aromatic heterocycles. The zero-order valence-electron chi connectivity index (χ0n) is 10.3. The Kier molecular flexibility index (Phi) is 4.96. The summed E-state index contributed by atoms with van der Waals surface area (Å²) in [5.74, 6) is -0.931. The number of sulfonamides is 1. The Morgan fingerprint density at radius 2 is 2.19 bits per heavy atom. The number of carboxylic acids is 1. The highest BCUT2D eigenvalue weighted by Crippen LogP contribution is 2.20. The van der Waals surface area contributed by atoms with E-state index in [0.29, 0.717) is 12.1 Å². The van der Waals surface area contributed by atoms with Crippen molar-refractivity contribution >= 4 is 21.7 Å². The van der Waals surface area contributed by atoms with E-state index in [1.165, 1.54) is 0 Å². The van der Waals surface area contributed by atoms with Crippen molar-refractivity contribution in [2.24, 2.45) is 0 Å². The zero-order chi connectivity index (χ0) is 16.2. The summed E-state index contributed by atoms with van der Waals surface area (Å²) in [6.45, 7) is 0. The average Bonchev–Trinajstić information content (AvgIpc) is 2.37. The minimum atomic E-state index is -4.52. The second-order valence-electron chi connectivity index (χ2n) is 3.79. The number of rotatable bonds is 6. The average molecular weight is 316 g/mol. The van der Waals surface area contributed by atoms with Crippen LogP contribution in [0.3, 0.4) is 0 Å². The van der Waals surface area contributed by atoms with Crippen molar-refractivity contribution in [1.82, 2.24) is 4.72 Å². The molecule has 0 saturated carbocycles. The first-order chi connectivity index (χ1) is 9.69. The molecule has 0 spiro atoms. The Balaban J connectivity index is 3.17. The van der Waals surface area contributed by atoms with Crippen LogP contribution in [0.1, 0.15) is 6.42 Å². The highest BCUT2D eigenvalue weighted by molar-refractivity contribution is 7.89. The van der Waals surface area contributed by atoms with Gasteiger partial charge in [-0.1, -0.05) is 0 Å². The quantitative estimate of drug-likeness (QED) is 0.447. The Hall–Kier alpha value is -2.51. The molecule has 0 fully saturated rings. The third-order valence-electron chi connectivity index (χ3n) is 2.33. The first kappa shape index (κ1) is 16.5. The van der Waals surface area contributed by atoms with Gasteiger partial charge in [0.25, 0.3) is 5.69 Å². The van der Waals surface area contributed by atoms with Gasteiger partial charge in [0.1, 0.15) is 16.8 Å². The summed E-state index contributed by atoms with van der Waals surface area (Å²) in [5, 5.41) is 19.2. The van der Waals surface area contributed by atoms with E-state index in [4.69, 9.17) is 11.5 Å². The van der Waals surface area contributed by atoms with Gasteiger partial charge in [-0.15, -0.1) is 12.3 Å². The lowest BCUT2D eigenvalue weighted by molar-refractivity contribution is -0.385. The van der Waals surface area contributed by atoms with Crippen molar-refractivity contribution in [3.05, 3.63) is 34.1 Å². The Morgan fingerprint density at radius 3 is 2.62 bits per heavy atom. The predicted molar refractivity (Wildman–Crippen MR) is 68.2 cm³/mol. The molecular formula is C11H9FN2O6S. The van der Waals surface area contributed by atoms with Gasteiger partial charge in [0.05, 0.1) is 11.0 Å². The van der Waals surface area contributed by atoms with Crippen molar-refractivity contribution in [3.8, 4) is 12.3 Å². The van der Waals surface area contributed by atoms with E-state index in [0.717, 1.165) is 6.07 Å². The fraction of sp³-hybridized carbons (Fsp3) is 0.182. The number of carbonyl (C=O) groups is 1. The third kappa shape index (κ3) is 3.98. The molecule has 1 aromatic carbocycles. The van der Waals surface area contributed by atoms with Crippen LogP contribution in [0.25, 0.3) is 0 Å². The normalized spacial score (nSPS) is 12.4. The summed E-state index contributed by atoms with van der Waals surface area (Å²) in [6, 6.07) is 0.250. The zero-order valence-corrected chi connectivity index (χ0v) is 11.1. The van der Waals surface area contributed by atoms with Gasteiger partial charge in [0, 0.05) is 12.5 Å². The molecule has 1 unspecified atom stereocenters. The molecule has 21 heavy (non-hydrogen) atoms. The topological polar surface area (TPSA) is 127 Å². The number of carboxylic acid groups (broad SMARTS) is 1. The number of benzene rings is 1. The Labute approximate surface area is 118 Å². The van der Waals surface area contributed by atoms with Gasteiger partial charge < -0.3 is 5.11 Å². The van der Waals surface area contributed by atoms with E-state index in [2.05, 4.69) is 0 Å². The van der Waals surface area contributed by atoms with Gasteiger partial charge in [-0.05, 0) is 6.07 Å². The Bertz CT molecular complexity index is 725. The van der Waals surface area contributed by atoms with Crippen molar-refractivity contribution in [2.45, 2.75) is 17.4 Å². The summed E-state index contributed by atoms with van der Waals surface area (Å²) in [5.41, 5.74) is -0.634. The molecule has 0 heterocycles. The molecule has 112 valence electrons. The third-order valence-corrected chi connectivity index (χ3v) is 3.84. The van der Waals surface area contributed by atoms with Crippen LogP contribution >= 0.6 is 0 Å². The fourth-order valence-electron chi connectivity index (χ4n) is 1.37. The number of hydrogen-bond acceptors (Lipinski definition) is 5. The van der Waals surface area contributed by atoms with Crippen LogP contribution in [0.5, 0.6) is 0 Å². The maximum absolute atomic E-state index is 13.6. The number of nitro benzene ring substituents is 1. The van der Waals surface area contributed by atoms with Crippen molar-refractivity contribution < 1.29 is 27.6 Å². The molecule has 0 aliphatic rings. The highest BCUT2D eigenvalue weighted by Gasteiger charge is 2.27. The summed E-state index contributed by atoms with van der Waals surface area (Å²) in [6.07, 6.45) is 4.47. The summed E-state index contributed by atoms with van der Waals surface area (Å²) in [4.78, 5) is 19.5. The molecule has 10 heteroatoms. The smallest absolute Gasteiger partial charge is 0.322 e. The van der Waals surface area contributed by atoms with Crippen LogP contribution in [-0.4, -0.2) is 30.5 Å². The molecule has 1 rings (SSSR count). The number of aliphatic carboxylic acids is 1. The van der Waals surface area contributed by atoms with Crippen LogP contribution in [-0.2, 0) is 14.8 Å². The molecule has 2 N–H and O–H groups in total. The molecular weight excluding hydrogens is 307 g/mol. The lowest BCUT2D eigenvalue weighted by atomic mass is 10.2. The van der Waals surface area contributed by atoms with Gasteiger partial charge in [-0.3, -0.25) is 14.9 Å². The van der Waals surface area contributed by atoms with Gasteiger partial charge in [-0.25, -0.2) is 12.8 Å². The number of halogens is 1. The largest absolute Gasteiger partial charge is 0.480 e. The standard InChI is InChI=1S/C11H9FN2O6S/c1-2-3-9(11(15)16)13-21(19,20)10-5-4-7(14(17)18)6-8(10)12/h1,4-6,9,13H,3H2,(H,15,16). The SMILES string of the molecule is C#CCC(NS(=O)(=O)c1ccc([N+](=O)[O-])cc1F)C(=O)O.